The van der Waals surface area contributed by atoms with Crippen LogP contribution in [0.5, 0.6) is 0 Å². The Labute approximate surface area is 174 Å². The third kappa shape index (κ3) is 4.66. The van der Waals surface area contributed by atoms with E-state index in [2.05, 4.69) is 68.6 Å². The zero-order valence-electron chi connectivity index (χ0n) is 18.0. The van der Waals surface area contributed by atoms with Crippen molar-refractivity contribution in [1.82, 2.24) is 5.32 Å². The number of benzene rings is 2. The van der Waals surface area contributed by atoms with Gasteiger partial charge in [0.05, 0.1) is 18.8 Å². The Morgan fingerprint density at radius 2 is 1.62 bits per heavy atom. The van der Waals surface area contributed by atoms with Crippen LogP contribution in [-0.4, -0.2) is 36.3 Å². The lowest BCUT2D eigenvalue weighted by Gasteiger charge is -2.48. The Morgan fingerprint density at radius 1 is 0.966 bits per heavy atom. The molecule has 0 bridgehead atoms. The summed E-state index contributed by atoms with van der Waals surface area (Å²) in [6, 6.07) is 15.2. The van der Waals surface area contributed by atoms with Crippen molar-refractivity contribution < 1.29 is 14.6 Å². The number of hydrogen-bond donors (Lipinski definition) is 2. The zero-order chi connectivity index (χ0) is 20.5. The fraction of sp³-hybridized carbons (Fsp3) is 0.600. The van der Waals surface area contributed by atoms with Crippen molar-refractivity contribution in [2.24, 2.45) is 5.41 Å². The molecule has 1 heterocycles. The van der Waals surface area contributed by atoms with Crippen LogP contribution in [0.15, 0.2) is 42.5 Å². The highest BCUT2D eigenvalue weighted by Gasteiger charge is 2.46. The highest BCUT2D eigenvalue weighted by molar-refractivity contribution is 5.86. The fourth-order valence-corrected chi connectivity index (χ4v) is 4.63. The summed E-state index contributed by atoms with van der Waals surface area (Å²) in [4.78, 5) is 0. The number of aliphatic hydroxyl groups is 1. The van der Waals surface area contributed by atoms with Crippen LogP contribution in [0.25, 0.3) is 10.8 Å². The molecule has 4 nitrogen and oxygen atoms in total. The van der Waals surface area contributed by atoms with Crippen molar-refractivity contribution in [1.29, 1.82) is 0 Å². The van der Waals surface area contributed by atoms with Gasteiger partial charge in [-0.3, -0.25) is 0 Å². The average molecular weight is 398 g/mol. The Bertz CT molecular complexity index is 822. The SMILES string of the molecule is CC(NCCC1(O)CCC2(CC1)OCC(C)(C)CO2)c1cccc2ccccc12. The number of nitrogens with one attached hydrogen (secondary N) is 1. The van der Waals surface area contributed by atoms with Crippen molar-refractivity contribution in [2.45, 2.75) is 70.3 Å². The van der Waals surface area contributed by atoms with Crippen LogP contribution in [-0.2, 0) is 9.47 Å². The van der Waals surface area contributed by atoms with Crippen LogP contribution >= 0.6 is 0 Å². The van der Waals surface area contributed by atoms with Crippen molar-refractivity contribution >= 4 is 10.8 Å². The van der Waals surface area contributed by atoms with E-state index in [0.717, 1.165) is 51.9 Å². The molecule has 1 saturated carbocycles. The minimum absolute atomic E-state index is 0.0840. The first-order valence-electron chi connectivity index (χ1n) is 11.0. The van der Waals surface area contributed by atoms with Gasteiger partial charge in [0.2, 0.25) is 0 Å². The van der Waals surface area contributed by atoms with E-state index in [1.54, 1.807) is 0 Å². The predicted molar refractivity (Wildman–Crippen MR) is 117 cm³/mol. The Hall–Kier alpha value is -1.46. The second kappa shape index (κ2) is 7.99. The molecular weight excluding hydrogens is 362 g/mol. The van der Waals surface area contributed by atoms with Crippen LogP contribution in [0.1, 0.15) is 64.5 Å². The Balaban J connectivity index is 1.29. The molecule has 1 aliphatic carbocycles. The summed E-state index contributed by atoms with van der Waals surface area (Å²) in [7, 11) is 0. The van der Waals surface area contributed by atoms with Crippen LogP contribution in [0.2, 0.25) is 0 Å². The zero-order valence-corrected chi connectivity index (χ0v) is 18.0. The highest BCUT2D eigenvalue weighted by atomic mass is 16.7. The van der Waals surface area contributed by atoms with Gasteiger partial charge in [-0.1, -0.05) is 56.3 Å². The topological polar surface area (TPSA) is 50.7 Å². The van der Waals surface area contributed by atoms with Gasteiger partial charge in [0.15, 0.2) is 5.79 Å². The molecule has 1 spiro atoms. The first-order chi connectivity index (χ1) is 13.8. The molecule has 2 aromatic carbocycles. The number of rotatable bonds is 5. The van der Waals surface area contributed by atoms with Crippen LogP contribution < -0.4 is 5.32 Å². The number of hydrogen-bond acceptors (Lipinski definition) is 4. The molecule has 1 unspecified atom stereocenters. The fourth-order valence-electron chi connectivity index (χ4n) is 4.63. The van der Waals surface area contributed by atoms with E-state index in [1.165, 1.54) is 16.3 Å². The summed E-state index contributed by atoms with van der Waals surface area (Å²) in [5, 5.41) is 17.3. The molecule has 0 radical (unpaired) electrons. The molecule has 2 aliphatic rings. The van der Waals surface area contributed by atoms with Crippen LogP contribution in [0, 0.1) is 5.41 Å². The minimum atomic E-state index is -0.629. The van der Waals surface area contributed by atoms with E-state index in [0.29, 0.717) is 0 Å². The molecule has 0 aromatic heterocycles. The van der Waals surface area contributed by atoms with Gasteiger partial charge < -0.3 is 19.9 Å². The van der Waals surface area contributed by atoms with E-state index >= 15 is 0 Å². The molecule has 0 amide bonds. The standard InChI is InChI=1S/C25H35NO3/c1-19(21-10-6-8-20-7-4-5-9-22(20)21)26-16-15-24(27)11-13-25(14-12-24)28-17-23(2,3)18-29-25/h4-10,19,26-27H,11-18H2,1-3H3. The normalized spacial score (nSPS) is 23.9. The first kappa shape index (κ1) is 20.8. The molecule has 158 valence electrons. The summed E-state index contributed by atoms with van der Waals surface area (Å²) in [6.07, 6.45) is 3.77. The summed E-state index contributed by atoms with van der Waals surface area (Å²) in [5.74, 6) is -0.467. The third-order valence-electron chi connectivity index (χ3n) is 6.73. The minimum Gasteiger partial charge on any atom is -0.390 e. The maximum Gasteiger partial charge on any atom is 0.168 e. The summed E-state index contributed by atoms with van der Waals surface area (Å²) in [6.45, 7) is 8.80. The number of fused-ring (bicyclic) bond motifs is 1. The monoisotopic (exact) mass is 397 g/mol. The molecule has 2 N–H and O–H groups in total. The predicted octanol–water partition coefficient (Wildman–Crippen LogP) is 4.95. The van der Waals surface area contributed by atoms with Gasteiger partial charge >= 0.3 is 0 Å². The lowest BCUT2D eigenvalue weighted by Crippen LogP contribution is -2.52. The summed E-state index contributed by atoms with van der Waals surface area (Å²) in [5.41, 5.74) is 0.765. The van der Waals surface area contributed by atoms with Crippen molar-refractivity contribution in [3.05, 3.63) is 48.0 Å². The third-order valence-corrected chi connectivity index (χ3v) is 6.73. The van der Waals surface area contributed by atoms with Crippen LogP contribution in [0.3, 0.4) is 0 Å². The van der Waals surface area contributed by atoms with E-state index in [-0.39, 0.29) is 11.5 Å². The maximum absolute atomic E-state index is 11.1. The van der Waals surface area contributed by atoms with E-state index in [9.17, 15) is 5.11 Å². The van der Waals surface area contributed by atoms with E-state index in [1.807, 2.05) is 0 Å². The lowest BCUT2D eigenvalue weighted by molar-refractivity contribution is -0.319. The number of ether oxygens (including phenoxy) is 2. The second-order valence-corrected chi connectivity index (χ2v) is 9.87. The highest BCUT2D eigenvalue weighted by Crippen LogP contribution is 2.43. The lowest BCUT2D eigenvalue weighted by atomic mass is 9.78. The quantitative estimate of drug-likeness (QED) is 0.749. The average Bonchev–Trinajstić information content (AvgIpc) is 2.72. The second-order valence-electron chi connectivity index (χ2n) is 9.87. The van der Waals surface area contributed by atoms with Crippen molar-refractivity contribution in [2.75, 3.05) is 19.8 Å². The van der Waals surface area contributed by atoms with Crippen LogP contribution in [0.4, 0.5) is 0 Å². The molecule has 4 heteroatoms. The van der Waals surface area contributed by atoms with Crippen molar-refractivity contribution in [3.8, 4) is 0 Å². The van der Waals surface area contributed by atoms with Gasteiger partial charge in [0.25, 0.3) is 0 Å². The van der Waals surface area contributed by atoms with Gasteiger partial charge in [-0.15, -0.1) is 0 Å². The van der Waals surface area contributed by atoms with Gasteiger partial charge in [0, 0.05) is 24.3 Å². The van der Waals surface area contributed by atoms with Gasteiger partial charge in [-0.25, -0.2) is 0 Å². The molecule has 2 aromatic rings. The van der Waals surface area contributed by atoms with Gasteiger partial charge in [-0.05, 0) is 49.1 Å². The largest absolute Gasteiger partial charge is 0.390 e. The van der Waals surface area contributed by atoms with Gasteiger partial charge in [-0.2, -0.15) is 0 Å². The summed E-state index contributed by atoms with van der Waals surface area (Å²) >= 11 is 0. The first-order valence-corrected chi connectivity index (χ1v) is 11.0. The molecular formula is C25H35NO3. The van der Waals surface area contributed by atoms with Gasteiger partial charge in [0.1, 0.15) is 0 Å². The molecule has 4 rings (SSSR count). The maximum atomic E-state index is 11.1. The Kier molecular flexibility index (Phi) is 5.73. The Morgan fingerprint density at radius 3 is 2.34 bits per heavy atom. The molecule has 29 heavy (non-hydrogen) atoms. The van der Waals surface area contributed by atoms with Crippen molar-refractivity contribution in [3.63, 3.8) is 0 Å². The van der Waals surface area contributed by atoms with E-state index < -0.39 is 11.4 Å². The molecule has 2 fully saturated rings. The van der Waals surface area contributed by atoms with E-state index in [4.69, 9.17) is 9.47 Å². The molecule has 1 aliphatic heterocycles. The summed E-state index contributed by atoms with van der Waals surface area (Å²) < 4.78 is 12.2. The molecule has 1 atom stereocenters. The molecule has 1 saturated heterocycles. The smallest absolute Gasteiger partial charge is 0.168 e.